The molecule has 0 aliphatic rings. The quantitative estimate of drug-likeness (QED) is 0.777. The molecule has 2 aromatic rings. The van der Waals surface area contributed by atoms with Gasteiger partial charge in [-0.1, -0.05) is 6.07 Å². The zero-order chi connectivity index (χ0) is 11.0. The Morgan fingerprint density at radius 3 is 2.73 bits per heavy atom. The van der Waals surface area contributed by atoms with Crippen LogP contribution in [0.1, 0.15) is 16.1 Å². The van der Waals surface area contributed by atoms with Gasteiger partial charge in [0, 0.05) is 5.39 Å². The number of fused-ring (bicyclic) bond motifs is 1. The van der Waals surface area contributed by atoms with Crippen molar-refractivity contribution in [2.75, 3.05) is 0 Å². The average molecular weight is 205 g/mol. The molecule has 1 aromatic heterocycles. The summed E-state index contributed by atoms with van der Waals surface area (Å²) in [6.07, 6.45) is 0. The van der Waals surface area contributed by atoms with Gasteiger partial charge in [0.2, 0.25) is 0 Å². The van der Waals surface area contributed by atoms with E-state index in [0.717, 1.165) is 0 Å². The number of aryl methyl sites for hydroxylation is 1. The second-order valence-electron chi connectivity index (χ2n) is 3.24. The third-order valence-electron chi connectivity index (χ3n) is 2.29. The Kier molecular flexibility index (Phi) is 2.11. The van der Waals surface area contributed by atoms with Crippen LogP contribution in [0.2, 0.25) is 0 Å². The fraction of sp³-hybridized carbons (Fsp3) is 0.0909. The van der Waals surface area contributed by atoms with Gasteiger partial charge < -0.3 is 5.11 Å². The van der Waals surface area contributed by atoms with Crippen LogP contribution < -0.4 is 0 Å². The maximum absolute atomic E-state index is 13.2. The Balaban J connectivity index is 2.75. The number of pyridine rings is 1. The lowest BCUT2D eigenvalue weighted by atomic mass is 10.1. The number of hydrogen-bond acceptors (Lipinski definition) is 2. The van der Waals surface area contributed by atoms with Crippen LogP contribution in [0, 0.1) is 12.7 Å². The van der Waals surface area contributed by atoms with E-state index in [2.05, 4.69) is 4.98 Å². The van der Waals surface area contributed by atoms with Crippen molar-refractivity contribution in [3.63, 3.8) is 0 Å². The Hall–Kier alpha value is -1.97. The highest BCUT2D eigenvalue weighted by atomic mass is 19.1. The molecular formula is C11H8FNO2. The van der Waals surface area contributed by atoms with Crippen LogP contribution in [0.3, 0.4) is 0 Å². The molecule has 0 aliphatic carbocycles. The molecule has 3 nitrogen and oxygen atoms in total. The molecule has 1 aromatic carbocycles. The normalized spacial score (nSPS) is 10.5. The fourth-order valence-corrected chi connectivity index (χ4v) is 1.44. The summed E-state index contributed by atoms with van der Waals surface area (Å²) in [5, 5.41) is 9.37. The van der Waals surface area contributed by atoms with Gasteiger partial charge in [-0.25, -0.2) is 14.2 Å². The minimum absolute atomic E-state index is 0.0338. The maximum atomic E-state index is 13.2. The summed E-state index contributed by atoms with van der Waals surface area (Å²) < 4.78 is 13.2. The number of carboxylic acid groups (broad SMARTS) is 1. The minimum atomic E-state index is -1.08. The van der Waals surface area contributed by atoms with Gasteiger partial charge in [-0.15, -0.1) is 0 Å². The van der Waals surface area contributed by atoms with Crippen molar-refractivity contribution in [2.24, 2.45) is 0 Å². The summed E-state index contributed by atoms with van der Waals surface area (Å²) in [5.41, 5.74) is 0.944. The largest absolute Gasteiger partial charge is 0.477 e. The molecule has 2 rings (SSSR count). The van der Waals surface area contributed by atoms with Crippen molar-refractivity contribution in [3.8, 4) is 0 Å². The summed E-state index contributed by atoms with van der Waals surface area (Å²) >= 11 is 0. The number of carbonyl (C=O) groups is 1. The van der Waals surface area contributed by atoms with Gasteiger partial charge in [0.15, 0.2) is 0 Å². The van der Waals surface area contributed by atoms with Crippen LogP contribution in [0.25, 0.3) is 10.9 Å². The number of rotatable bonds is 1. The maximum Gasteiger partial charge on any atom is 0.354 e. The van der Waals surface area contributed by atoms with Crippen LogP contribution in [0.15, 0.2) is 24.3 Å². The SMILES string of the molecule is Cc1c(F)ccc2nc(C(=O)O)ccc12. The average Bonchev–Trinajstić information content (AvgIpc) is 2.23. The highest BCUT2D eigenvalue weighted by molar-refractivity contribution is 5.90. The monoisotopic (exact) mass is 205 g/mol. The third-order valence-corrected chi connectivity index (χ3v) is 2.29. The Morgan fingerprint density at radius 1 is 1.33 bits per heavy atom. The molecule has 4 heteroatoms. The first-order valence-corrected chi connectivity index (χ1v) is 4.39. The van der Waals surface area contributed by atoms with Gasteiger partial charge >= 0.3 is 5.97 Å². The third kappa shape index (κ3) is 1.54. The van der Waals surface area contributed by atoms with E-state index in [9.17, 15) is 9.18 Å². The molecule has 0 atom stereocenters. The lowest BCUT2D eigenvalue weighted by Gasteiger charge is -2.03. The van der Waals surface area contributed by atoms with Crippen molar-refractivity contribution >= 4 is 16.9 Å². The van der Waals surface area contributed by atoms with E-state index in [1.165, 1.54) is 18.2 Å². The van der Waals surface area contributed by atoms with Gasteiger partial charge in [0.05, 0.1) is 5.52 Å². The van der Waals surface area contributed by atoms with Crippen LogP contribution in [-0.4, -0.2) is 16.1 Å². The molecule has 0 saturated heterocycles. The molecule has 0 radical (unpaired) electrons. The topological polar surface area (TPSA) is 50.2 Å². The second kappa shape index (κ2) is 3.31. The predicted octanol–water partition coefficient (Wildman–Crippen LogP) is 2.38. The fourth-order valence-electron chi connectivity index (χ4n) is 1.44. The van der Waals surface area contributed by atoms with Crippen LogP contribution in [0.4, 0.5) is 4.39 Å². The molecule has 0 fully saturated rings. The van der Waals surface area contributed by atoms with E-state index < -0.39 is 5.97 Å². The molecule has 0 spiro atoms. The Labute approximate surface area is 85.2 Å². The zero-order valence-electron chi connectivity index (χ0n) is 7.99. The van der Waals surface area contributed by atoms with E-state index in [4.69, 9.17) is 5.11 Å². The van der Waals surface area contributed by atoms with Crippen LogP contribution >= 0.6 is 0 Å². The number of aromatic nitrogens is 1. The van der Waals surface area contributed by atoms with Crippen LogP contribution in [-0.2, 0) is 0 Å². The van der Waals surface area contributed by atoms with E-state index in [0.29, 0.717) is 16.5 Å². The van der Waals surface area contributed by atoms with Crippen molar-refractivity contribution in [3.05, 3.63) is 41.3 Å². The standard InChI is InChI=1S/C11H8FNO2/c1-6-7-2-4-10(11(14)15)13-9(7)5-3-8(6)12/h2-5H,1H3,(H,14,15). The Bertz CT molecular complexity index is 552. The van der Waals surface area contributed by atoms with Crippen molar-refractivity contribution in [1.82, 2.24) is 4.98 Å². The minimum Gasteiger partial charge on any atom is -0.477 e. The molecule has 15 heavy (non-hydrogen) atoms. The lowest BCUT2D eigenvalue weighted by Crippen LogP contribution is -2.00. The highest BCUT2D eigenvalue weighted by Crippen LogP contribution is 2.19. The summed E-state index contributed by atoms with van der Waals surface area (Å²) in [6, 6.07) is 5.71. The van der Waals surface area contributed by atoms with Crippen LogP contribution in [0.5, 0.6) is 0 Å². The van der Waals surface area contributed by atoms with E-state index in [1.54, 1.807) is 13.0 Å². The van der Waals surface area contributed by atoms with Gasteiger partial charge in [-0.2, -0.15) is 0 Å². The molecule has 76 valence electrons. The van der Waals surface area contributed by atoms with Crippen molar-refractivity contribution in [1.29, 1.82) is 0 Å². The number of halogens is 1. The highest BCUT2D eigenvalue weighted by Gasteiger charge is 2.08. The van der Waals surface area contributed by atoms with E-state index in [-0.39, 0.29) is 11.5 Å². The number of aromatic carboxylic acids is 1. The first-order chi connectivity index (χ1) is 7.09. The first-order valence-electron chi connectivity index (χ1n) is 4.39. The predicted molar refractivity (Wildman–Crippen MR) is 53.4 cm³/mol. The van der Waals surface area contributed by atoms with Crippen molar-refractivity contribution < 1.29 is 14.3 Å². The molecule has 0 unspecified atom stereocenters. The second-order valence-corrected chi connectivity index (χ2v) is 3.24. The zero-order valence-corrected chi connectivity index (χ0v) is 7.99. The smallest absolute Gasteiger partial charge is 0.354 e. The van der Waals surface area contributed by atoms with Gasteiger partial charge in [0.1, 0.15) is 11.5 Å². The number of carboxylic acids is 1. The molecule has 0 aliphatic heterocycles. The molecule has 0 bridgehead atoms. The molecule has 0 amide bonds. The number of hydrogen-bond donors (Lipinski definition) is 1. The summed E-state index contributed by atoms with van der Waals surface area (Å²) in [5.74, 6) is -1.40. The van der Waals surface area contributed by atoms with Gasteiger partial charge in [-0.3, -0.25) is 0 Å². The van der Waals surface area contributed by atoms with Gasteiger partial charge in [-0.05, 0) is 30.7 Å². The summed E-state index contributed by atoms with van der Waals surface area (Å²) in [4.78, 5) is 14.6. The summed E-state index contributed by atoms with van der Waals surface area (Å²) in [6.45, 7) is 1.64. The molecule has 1 N–H and O–H groups in total. The summed E-state index contributed by atoms with van der Waals surface area (Å²) in [7, 11) is 0. The lowest BCUT2D eigenvalue weighted by molar-refractivity contribution is 0.0691. The number of nitrogens with zero attached hydrogens (tertiary/aromatic N) is 1. The van der Waals surface area contributed by atoms with Crippen molar-refractivity contribution in [2.45, 2.75) is 6.92 Å². The Morgan fingerprint density at radius 2 is 2.07 bits per heavy atom. The van der Waals surface area contributed by atoms with E-state index >= 15 is 0 Å². The molecule has 0 saturated carbocycles. The molecular weight excluding hydrogens is 197 g/mol. The van der Waals surface area contributed by atoms with Gasteiger partial charge in [0.25, 0.3) is 0 Å². The number of benzene rings is 1. The first kappa shape index (κ1) is 9.58. The molecule has 1 heterocycles. The van der Waals surface area contributed by atoms with E-state index in [1.807, 2.05) is 0 Å².